The van der Waals surface area contributed by atoms with E-state index in [1.165, 1.54) is 4.31 Å². The van der Waals surface area contributed by atoms with E-state index < -0.39 is 31.2 Å². The number of β-amino-alcohol motifs (C(OH)–C–C–N with tert-alkyl or cyclic N) is 1. The molecule has 0 aromatic carbocycles. The zero-order chi connectivity index (χ0) is 13.4. The second-order valence-corrected chi connectivity index (χ2v) is 9.57. The zero-order valence-electron chi connectivity index (χ0n) is 10.2. The number of piperidine rings is 1. The number of sulfone groups is 1. The molecular weight excluding hydrogens is 278 g/mol. The number of hydrogen-bond donors (Lipinski definition) is 1. The Labute approximate surface area is 108 Å². The van der Waals surface area contributed by atoms with E-state index >= 15 is 0 Å². The van der Waals surface area contributed by atoms with Crippen LogP contribution in [0.3, 0.4) is 0 Å². The average Bonchev–Trinajstić information content (AvgIpc) is 2.28. The Morgan fingerprint density at radius 3 is 2.28 bits per heavy atom. The van der Waals surface area contributed by atoms with Crippen LogP contribution in [0.25, 0.3) is 0 Å². The molecule has 0 saturated carbocycles. The molecule has 0 aliphatic carbocycles. The zero-order valence-corrected chi connectivity index (χ0v) is 11.8. The smallest absolute Gasteiger partial charge is 0.217 e. The van der Waals surface area contributed by atoms with E-state index in [1.54, 1.807) is 0 Å². The monoisotopic (exact) mass is 297 g/mol. The molecule has 2 aliphatic rings. The van der Waals surface area contributed by atoms with Gasteiger partial charge in [0.1, 0.15) is 9.84 Å². The first-order valence-electron chi connectivity index (χ1n) is 6.19. The molecule has 0 bridgehead atoms. The number of sulfonamides is 1. The Balaban J connectivity index is 2.07. The lowest BCUT2D eigenvalue weighted by molar-refractivity contribution is 0.107. The van der Waals surface area contributed by atoms with Crippen LogP contribution in [0.2, 0.25) is 0 Å². The summed E-state index contributed by atoms with van der Waals surface area (Å²) in [5, 5.41) is 8.92. The first kappa shape index (κ1) is 14.2. The SMILES string of the molecule is O=S1(=O)CCC(S(=O)(=O)N2CCCC(O)C2)CC1. The minimum absolute atomic E-state index is 0.0483. The van der Waals surface area contributed by atoms with Crippen molar-refractivity contribution in [3.63, 3.8) is 0 Å². The van der Waals surface area contributed by atoms with Crippen molar-refractivity contribution < 1.29 is 21.9 Å². The maximum atomic E-state index is 12.3. The van der Waals surface area contributed by atoms with E-state index in [9.17, 15) is 21.9 Å². The molecular formula is C10H19NO5S2. The topological polar surface area (TPSA) is 91.8 Å². The summed E-state index contributed by atoms with van der Waals surface area (Å²) in [6.07, 6.45) is 1.05. The molecule has 0 radical (unpaired) electrons. The summed E-state index contributed by atoms with van der Waals surface area (Å²) < 4.78 is 48.6. The Morgan fingerprint density at radius 1 is 1.11 bits per heavy atom. The molecule has 2 saturated heterocycles. The molecule has 0 aromatic rings. The second-order valence-electron chi connectivity index (χ2n) is 5.05. The van der Waals surface area contributed by atoms with Crippen molar-refractivity contribution in [1.29, 1.82) is 0 Å². The van der Waals surface area contributed by atoms with Gasteiger partial charge in [-0.2, -0.15) is 4.31 Å². The maximum absolute atomic E-state index is 12.3. The van der Waals surface area contributed by atoms with Crippen molar-refractivity contribution in [1.82, 2.24) is 4.31 Å². The van der Waals surface area contributed by atoms with Crippen molar-refractivity contribution >= 4 is 19.9 Å². The lowest BCUT2D eigenvalue weighted by Crippen LogP contribution is -2.48. The van der Waals surface area contributed by atoms with Gasteiger partial charge >= 0.3 is 0 Å². The Bertz CT molecular complexity index is 484. The fourth-order valence-corrected chi connectivity index (χ4v) is 6.34. The maximum Gasteiger partial charge on any atom is 0.217 e. The highest BCUT2D eigenvalue weighted by Crippen LogP contribution is 2.24. The lowest BCUT2D eigenvalue weighted by Gasteiger charge is -2.33. The summed E-state index contributed by atoms with van der Waals surface area (Å²) in [6, 6.07) is 0. The predicted molar refractivity (Wildman–Crippen MR) is 67.4 cm³/mol. The number of rotatable bonds is 2. The highest BCUT2D eigenvalue weighted by Gasteiger charge is 2.38. The van der Waals surface area contributed by atoms with Crippen LogP contribution in [0.1, 0.15) is 25.7 Å². The van der Waals surface area contributed by atoms with Crippen molar-refractivity contribution in [2.24, 2.45) is 0 Å². The van der Waals surface area contributed by atoms with E-state index in [0.717, 1.165) is 0 Å². The molecule has 2 rings (SSSR count). The van der Waals surface area contributed by atoms with Crippen LogP contribution in [0.15, 0.2) is 0 Å². The number of aliphatic hydroxyl groups is 1. The summed E-state index contributed by atoms with van der Waals surface area (Å²) >= 11 is 0. The minimum Gasteiger partial charge on any atom is -0.392 e. The molecule has 18 heavy (non-hydrogen) atoms. The van der Waals surface area contributed by atoms with Gasteiger partial charge in [-0.1, -0.05) is 0 Å². The summed E-state index contributed by atoms with van der Waals surface area (Å²) in [6.45, 7) is 0.578. The first-order chi connectivity index (χ1) is 8.31. The minimum atomic E-state index is -3.46. The molecule has 2 fully saturated rings. The third-order valence-electron chi connectivity index (χ3n) is 3.64. The molecule has 8 heteroatoms. The molecule has 0 amide bonds. The van der Waals surface area contributed by atoms with E-state index in [4.69, 9.17) is 0 Å². The van der Waals surface area contributed by atoms with E-state index in [2.05, 4.69) is 0 Å². The van der Waals surface area contributed by atoms with Gasteiger partial charge in [0.2, 0.25) is 10.0 Å². The normalized spacial score (nSPS) is 31.3. The van der Waals surface area contributed by atoms with Crippen LogP contribution in [0.5, 0.6) is 0 Å². The van der Waals surface area contributed by atoms with Gasteiger partial charge in [-0.25, -0.2) is 16.8 Å². The summed E-state index contributed by atoms with van der Waals surface area (Å²) in [4.78, 5) is 0. The van der Waals surface area contributed by atoms with Gasteiger partial charge in [0.15, 0.2) is 0 Å². The van der Waals surface area contributed by atoms with Crippen molar-refractivity contribution in [2.45, 2.75) is 37.0 Å². The first-order valence-corrected chi connectivity index (χ1v) is 9.51. The predicted octanol–water partition coefficient (Wildman–Crippen LogP) is -0.650. The van der Waals surface area contributed by atoms with Crippen LogP contribution in [-0.2, 0) is 19.9 Å². The van der Waals surface area contributed by atoms with E-state index in [1.807, 2.05) is 0 Å². The van der Waals surface area contributed by atoms with Crippen LogP contribution >= 0.6 is 0 Å². The molecule has 6 nitrogen and oxygen atoms in total. The fraction of sp³-hybridized carbons (Fsp3) is 1.00. The average molecular weight is 297 g/mol. The quantitative estimate of drug-likeness (QED) is 0.731. The largest absolute Gasteiger partial charge is 0.392 e. The van der Waals surface area contributed by atoms with Crippen molar-refractivity contribution in [3.05, 3.63) is 0 Å². The van der Waals surface area contributed by atoms with Gasteiger partial charge < -0.3 is 5.11 Å². The van der Waals surface area contributed by atoms with Crippen LogP contribution in [0.4, 0.5) is 0 Å². The highest BCUT2D eigenvalue weighted by molar-refractivity contribution is 7.92. The van der Waals surface area contributed by atoms with Gasteiger partial charge in [0, 0.05) is 13.1 Å². The number of nitrogens with zero attached hydrogens (tertiary/aromatic N) is 1. The number of aliphatic hydroxyl groups excluding tert-OH is 1. The molecule has 0 aromatic heterocycles. The summed E-state index contributed by atoms with van der Waals surface area (Å²) in [5.41, 5.74) is 0. The molecule has 1 atom stereocenters. The van der Waals surface area contributed by atoms with Crippen LogP contribution < -0.4 is 0 Å². The highest BCUT2D eigenvalue weighted by atomic mass is 32.2. The van der Waals surface area contributed by atoms with E-state index in [-0.39, 0.29) is 30.9 Å². The summed E-state index contributed by atoms with van der Waals surface area (Å²) in [7, 11) is -6.51. The van der Waals surface area contributed by atoms with Gasteiger partial charge in [0.05, 0.1) is 22.9 Å². The van der Waals surface area contributed by atoms with Gasteiger partial charge in [-0.15, -0.1) is 0 Å². The molecule has 1 unspecified atom stereocenters. The molecule has 2 heterocycles. The third kappa shape index (κ3) is 3.04. The fourth-order valence-electron chi connectivity index (χ4n) is 2.53. The Morgan fingerprint density at radius 2 is 1.72 bits per heavy atom. The van der Waals surface area contributed by atoms with Crippen LogP contribution in [0, 0.1) is 0 Å². The van der Waals surface area contributed by atoms with Crippen LogP contribution in [-0.4, -0.2) is 62.2 Å². The lowest BCUT2D eigenvalue weighted by atomic mass is 10.1. The second kappa shape index (κ2) is 5.07. The molecule has 1 N–H and O–H groups in total. The van der Waals surface area contributed by atoms with Crippen molar-refractivity contribution in [3.8, 4) is 0 Å². The summed E-state index contributed by atoms with van der Waals surface area (Å²) in [5.74, 6) is -0.0966. The Hall–Kier alpha value is -0.180. The Kier molecular flexibility index (Phi) is 4.01. The molecule has 106 valence electrons. The standard InChI is InChI=1S/C10H19NO5S2/c12-9-2-1-5-11(8-9)18(15,16)10-3-6-17(13,14)7-4-10/h9-10,12H,1-8H2. The van der Waals surface area contributed by atoms with E-state index in [0.29, 0.717) is 19.4 Å². The molecule has 0 spiro atoms. The van der Waals surface area contributed by atoms with Gasteiger partial charge in [-0.05, 0) is 25.7 Å². The molecule has 2 aliphatic heterocycles. The van der Waals surface area contributed by atoms with Gasteiger partial charge in [0.25, 0.3) is 0 Å². The van der Waals surface area contributed by atoms with Crippen molar-refractivity contribution in [2.75, 3.05) is 24.6 Å². The van der Waals surface area contributed by atoms with Gasteiger partial charge in [-0.3, -0.25) is 0 Å². The number of hydrogen-bond acceptors (Lipinski definition) is 5. The third-order valence-corrected chi connectivity index (χ3v) is 7.72.